The zero-order valence-electron chi connectivity index (χ0n) is 19.0. The Hall–Kier alpha value is -3.19. The second-order valence-electron chi connectivity index (χ2n) is 8.13. The average molecular weight is 472 g/mol. The molecule has 0 radical (unpaired) electrons. The summed E-state index contributed by atoms with van der Waals surface area (Å²) < 4.78 is 10.2. The summed E-state index contributed by atoms with van der Waals surface area (Å²) in [5.74, 6) is -2.48. The highest BCUT2D eigenvalue weighted by Crippen LogP contribution is 2.42. The number of allylic oxidation sites excluding steroid dienone is 3. The van der Waals surface area contributed by atoms with Crippen molar-refractivity contribution < 1.29 is 28.7 Å². The molecule has 1 aromatic rings. The van der Waals surface area contributed by atoms with Crippen molar-refractivity contribution in [1.29, 1.82) is 0 Å². The zero-order valence-corrected chi connectivity index (χ0v) is 19.8. The fourth-order valence-electron chi connectivity index (χ4n) is 3.97. The highest BCUT2D eigenvalue weighted by atomic mass is 35.5. The van der Waals surface area contributed by atoms with Crippen LogP contribution in [0.3, 0.4) is 0 Å². The van der Waals surface area contributed by atoms with E-state index >= 15 is 0 Å². The van der Waals surface area contributed by atoms with E-state index in [9.17, 15) is 19.2 Å². The molecule has 0 fully saturated rings. The summed E-state index contributed by atoms with van der Waals surface area (Å²) >= 11 is 6.40. The van der Waals surface area contributed by atoms with E-state index in [0.717, 1.165) is 18.2 Å². The molecule has 0 aromatic heterocycles. The summed E-state index contributed by atoms with van der Waals surface area (Å²) in [4.78, 5) is 50.9. The number of carbonyl (C=O) groups excluding carboxylic acids is 4. The minimum atomic E-state index is -2.01. The molecule has 0 bridgehead atoms. The monoisotopic (exact) mass is 471 g/mol. The van der Waals surface area contributed by atoms with Gasteiger partial charge in [0.05, 0.1) is 17.7 Å². The van der Waals surface area contributed by atoms with E-state index in [0.29, 0.717) is 18.4 Å². The van der Waals surface area contributed by atoms with Gasteiger partial charge in [0.15, 0.2) is 0 Å². The number of ether oxygens (including phenoxy) is 2. The maximum Gasteiger partial charge on any atom is 0.304 e. The molecule has 1 aliphatic carbocycles. The molecule has 7 nitrogen and oxygen atoms in total. The van der Waals surface area contributed by atoms with Crippen LogP contribution in [0, 0.1) is 0 Å². The largest absolute Gasteiger partial charge is 0.466 e. The number of rotatable bonds is 7. The average Bonchev–Trinajstić information content (AvgIpc) is 2.78. The molecule has 1 aliphatic heterocycles. The first-order valence-electron chi connectivity index (χ1n) is 10.6. The standard InChI is InChI=1S/C25H26ClNO6/c1-15(18-9-6-5-7-10-18)27-14-21-20(13-19(27)11-8-12-32-16(2)28)22(26)24(31)25(4,23(21)30)33-17(3)29/h5-7,9-10,13-15H,8,11-12H2,1-4H3. The number of esters is 2. The third-order valence-corrected chi connectivity index (χ3v) is 6.05. The minimum Gasteiger partial charge on any atom is -0.466 e. The molecule has 174 valence electrons. The Bertz CT molecular complexity index is 1090. The Labute approximate surface area is 197 Å². The number of halogens is 1. The molecule has 0 saturated carbocycles. The smallest absolute Gasteiger partial charge is 0.304 e. The third-order valence-electron chi connectivity index (χ3n) is 5.68. The number of carbonyl (C=O) groups is 4. The predicted octanol–water partition coefficient (Wildman–Crippen LogP) is 4.14. The molecule has 0 saturated heterocycles. The van der Waals surface area contributed by atoms with Gasteiger partial charge in [0, 0.05) is 36.9 Å². The SMILES string of the molecule is CC(=O)OCCCC1=CC2=C(Cl)C(=O)C(C)(OC(C)=O)C(=O)C2=CN1C(C)c1ccccc1. The highest BCUT2D eigenvalue weighted by molar-refractivity contribution is 6.49. The van der Waals surface area contributed by atoms with Crippen LogP contribution < -0.4 is 0 Å². The highest BCUT2D eigenvalue weighted by Gasteiger charge is 2.52. The van der Waals surface area contributed by atoms with Crippen LogP contribution in [0.1, 0.15) is 52.1 Å². The number of benzene rings is 1. The summed E-state index contributed by atoms with van der Waals surface area (Å²) in [6.45, 7) is 5.99. The number of ketones is 2. The molecule has 33 heavy (non-hydrogen) atoms. The van der Waals surface area contributed by atoms with Gasteiger partial charge in [-0.05, 0) is 38.3 Å². The maximum absolute atomic E-state index is 13.3. The number of hydrogen-bond acceptors (Lipinski definition) is 7. The molecule has 3 rings (SSSR count). The Morgan fingerprint density at radius 1 is 1.09 bits per heavy atom. The van der Waals surface area contributed by atoms with Crippen molar-refractivity contribution in [2.45, 2.75) is 52.2 Å². The summed E-state index contributed by atoms with van der Waals surface area (Å²) in [7, 11) is 0. The van der Waals surface area contributed by atoms with Crippen molar-refractivity contribution >= 4 is 35.1 Å². The van der Waals surface area contributed by atoms with Crippen molar-refractivity contribution in [3.05, 3.63) is 70.0 Å². The minimum absolute atomic E-state index is 0.149. The Morgan fingerprint density at radius 2 is 1.76 bits per heavy atom. The lowest BCUT2D eigenvalue weighted by Crippen LogP contribution is -2.52. The van der Waals surface area contributed by atoms with Crippen LogP contribution in [-0.4, -0.2) is 40.6 Å². The second-order valence-corrected chi connectivity index (χ2v) is 8.51. The van der Waals surface area contributed by atoms with Crippen LogP contribution in [-0.2, 0) is 28.7 Å². The van der Waals surface area contributed by atoms with Crippen molar-refractivity contribution in [3.8, 4) is 0 Å². The summed E-state index contributed by atoms with van der Waals surface area (Å²) in [6, 6.07) is 9.58. The number of fused-ring (bicyclic) bond motifs is 1. The molecule has 0 spiro atoms. The molecule has 2 atom stereocenters. The van der Waals surface area contributed by atoms with E-state index in [-0.39, 0.29) is 29.2 Å². The van der Waals surface area contributed by atoms with Gasteiger partial charge in [0.2, 0.25) is 17.2 Å². The fourth-order valence-corrected chi connectivity index (χ4v) is 4.30. The van der Waals surface area contributed by atoms with E-state index < -0.39 is 23.1 Å². The first-order valence-corrected chi connectivity index (χ1v) is 11.0. The van der Waals surface area contributed by atoms with Crippen LogP contribution in [0.25, 0.3) is 0 Å². The summed E-state index contributed by atoms with van der Waals surface area (Å²) in [6.07, 6.45) is 4.44. The third kappa shape index (κ3) is 4.93. The Morgan fingerprint density at radius 3 is 2.36 bits per heavy atom. The van der Waals surface area contributed by atoms with Gasteiger partial charge < -0.3 is 14.4 Å². The van der Waals surface area contributed by atoms with Crippen LogP contribution in [0.5, 0.6) is 0 Å². The molecule has 8 heteroatoms. The topological polar surface area (TPSA) is 90.0 Å². The van der Waals surface area contributed by atoms with E-state index in [1.165, 1.54) is 13.8 Å². The van der Waals surface area contributed by atoms with Gasteiger partial charge in [0.1, 0.15) is 0 Å². The van der Waals surface area contributed by atoms with Crippen molar-refractivity contribution in [2.75, 3.05) is 6.61 Å². The van der Waals surface area contributed by atoms with Crippen LogP contribution in [0.4, 0.5) is 0 Å². The Balaban J connectivity index is 2.05. The first kappa shape index (κ1) is 24.5. The lowest BCUT2D eigenvalue weighted by atomic mass is 9.79. The normalized spacial score (nSPS) is 21.2. The molecular weight excluding hydrogens is 446 g/mol. The molecule has 1 heterocycles. The van der Waals surface area contributed by atoms with Gasteiger partial charge >= 0.3 is 11.9 Å². The molecule has 2 unspecified atom stereocenters. The molecule has 0 N–H and O–H groups in total. The van der Waals surface area contributed by atoms with Gasteiger partial charge in [-0.1, -0.05) is 41.9 Å². The summed E-state index contributed by atoms with van der Waals surface area (Å²) in [5, 5.41) is -0.158. The van der Waals surface area contributed by atoms with E-state index in [2.05, 4.69) is 0 Å². The van der Waals surface area contributed by atoms with Gasteiger partial charge in [-0.25, -0.2) is 0 Å². The molecular formula is C25H26ClNO6. The van der Waals surface area contributed by atoms with Crippen LogP contribution >= 0.6 is 11.6 Å². The van der Waals surface area contributed by atoms with E-state index in [1.54, 1.807) is 12.3 Å². The van der Waals surface area contributed by atoms with Crippen LogP contribution in [0.15, 0.2) is 64.5 Å². The van der Waals surface area contributed by atoms with Gasteiger partial charge in [0.25, 0.3) is 0 Å². The van der Waals surface area contributed by atoms with Crippen LogP contribution in [0.2, 0.25) is 0 Å². The predicted molar refractivity (Wildman–Crippen MR) is 122 cm³/mol. The maximum atomic E-state index is 13.3. The van der Waals surface area contributed by atoms with Gasteiger partial charge in [-0.2, -0.15) is 0 Å². The van der Waals surface area contributed by atoms with Crippen molar-refractivity contribution in [2.24, 2.45) is 0 Å². The zero-order chi connectivity index (χ0) is 24.3. The fraction of sp³-hybridized carbons (Fsp3) is 0.360. The molecule has 0 amide bonds. The molecule has 2 aliphatic rings. The number of Topliss-reactive ketones (excluding diaryl/α,β-unsaturated/α-hetero) is 2. The second kappa shape index (κ2) is 9.75. The lowest BCUT2D eigenvalue weighted by Gasteiger charge is -2.38. The van der Waals surface area contributed by atoms with Crippen molar-refractivity contribution in [3.63, 3.8) is 0 Å². The number of hydrogen-bond donors (Lipinski definition) is 0. The Kier molecular flexibility index (Phi) is 7.22. The molecule has 1 aromatic carbocycles. The van der Waals surface area contributed by atoms with E-state index in [4.69, 9.17) is 21.1 Å². The van der Waals surface area contributed by atoms with E-state index in [1.807, 2.05) is 42.2 Å². The first-order chi connectivity index (χ1) is 15.6. The summed E-state index contributed by atoms with van der Waals surface area (Å²) in [5.41, 5.74) is 0.318. The van der Waals surface area contributed by atoms with Crippen molar-refractivity contribution in [1.82, 2.24) is 4.90 Å². The number of nitrogens with zero attached hydrogens (tertiary/aromatic N) is 1. The van der Waals surface area contributed by atoms with Gasteiger partial charge in [-0.15, -0.1) is 0 Å². The quantitative estimate of drug-likeness (QED) is 0.335. The van der Waals surface area contributed by atoms with Gasteiger partial charge in [-0.3, -0.25) is 19.2 Å². The lowest BCUT2D eigenvalue weighted by molar-refractivity contribution is -0.167.